The summed E-state index contributed by atoms with van der Waals surface area (Å²) in [5, 5.41) is 0. The molecule has 3 nitrogen and oxygen atoms in total. The van der Waals surface area contributed by atoms with E-state index in [0.29, 0.717) is 5.56 Å². The molecule has 14 heavy (non-hydrogen) atoms. The van der Waals surface area contributed by atoms with Crippen molar-refractivity contribution in [1.29, 1.82) is 0 Å². The Morgan fingerprint density at radius 2 is 2.36 bits per heavy atom. The third kappa shape index (κ3) is 2.69. The van der Waals surface area contributed by atoms with Gasteiger partial charge in [0.1, 0.15) is 0 Å². The number of allylic oxidation sites excluding steroid dienone is 1. The van der Waals surface area contributed by atoms with Gasteiger partial charge in [-0.05, 0) is 31.9 Å². The number of nitrogens with zero attached hydrogens (tertiary/aromatic N) is 1. The van der Waals surface area contributed by atoms with Crippen molar-refractivity contribution in [3.05, 3.63) is 41.7 Å². The van der Waals surface area contributed by atoms with Gasteiger partial charge in [-0.3, -0.25) is 9.78 Å². The van der Waals surface area contributed by atoms with Gasteiger partial charge < -0.3 is 5.73 Å². The lowest BCUT2D eigenvalue weighted by Gasteiger charge is -2.02. The first-order chi connectivity index (χ1) is 6.63. The van der Waals surface area contributed by atoms with E-state index in [4.69, 9.17) is 5.73 Å². The zero-order valence-corrected chi connectivity index (χ0v) is 8.29. The molecule has 0 aromatic carbocycles. The Morgan fingerprint density at radius 1 is 1.64 bits per heavy atom. The molecule has 1 aromatic heterocycles. The van der Waals surface area contributed by atoms with Crippen molar-refractivity contribution >= 4 is 5.91 Å². The molecule has 0 aliphatic heterocycles. The SMILES string of the molecule is C=CCCc1cc(C(N)=O)cc(C)n1. The van der Waals surface area contributed by atoms with Crippen LogP contribution in [0.15, 0.2) is 24.8 Å². The van der Waals surface area contributed by atoms with Gasteiger partial charge in [0.05, 0.1) is 0 Å². The lowest BCUT2D eigenvalue weighted by molar-refractivity contribution is 0.1000. The predicted octanol–water partition coefficient (Wildman–Crippen LogP) is 1.61. The average molecular weight is 190 g/mol. The molecule has 0 aliphatic rings. The van der Waals surface area contributed by atoms with Crippen LogP contribution in [0, 0.1) is 6.92 Å². The van der Waals surface area contributed by atoms with Crippen LogP contribution in [-0.4, -0.2) is 10.9 Å². The van der Waals surface area contributed by atoms with Crippen molar-refractivity contribution in [3.8, 4) is 0 Å². The number of aryl methyl sites for hydroxylation is 2. The van der Waals surface area contributed by atoms with Crippen LogP contribution in [0.25, 0.3) is 0 Å². The Morgan fingerprint density at radius 3 is 2.93 bits per heavy atom. The molecule has 1 rings (SSSR count). The van der Waals surface area contributed by atoms with E-state index < -0.39 is 5.91 Å². The van der Waals surface area contributed by atoms with Crippen LogP contribution in [-0.2, 0) is 6.42 Å². The summed E-state index contributed by atoms with van der Waals surface area (Å²) in [4.78, 5) is 15.3. The quantitative estimate of drug-likeness (QED) is 0.733. The number of amides is 1. The second-order valence-corrected chi connectivity index (χ2v) is 3.18. The Kier molecular flexibility index (Phi) is 3.40. The molecule has 0 fully saturated rings. The molecule has 0 unspecified atom stereocenters. The van der Waals surface area contributed by atoms with Crippen molar-refractivity contribution in [1.82, 2.24) is 4.98 Å². The van der Waals surface area contributed by atoms with Crippen molar-refractivity contribution in [2.45, 2.75) is 19.8 Å². The summed E-state index contributed by atoms with van der Waals surface area (Å²) in [6.45, 7) is 5.49. The molecule has 74 valence electrons. The number of nitrogens with two attached hydrogens (primary N) is 1. The minimum absolute atomic E-state index is 0.407. The van der Waals surface area contributed by atoms with Gasteiger partial charge in [-0.15, -0.1) is 6.58 Å². The van der Waals surface area contributed by atoms with E-state index in [0.717, 1.165) is 24.2 Å². The van der Waals surface area contributed by atoms with E-state index in [1.165, 1.54) is 0 Å². The van der Waals surface area contributed by atoms with E-state index in [9.17, 15) is 4.79 Å². The van der Waals surface area contributed by atoms with E-state index >= 15 is 0 Å². The molecule has 0 radical (unpaired) electrons. The van der Waals surface area contributed by atoms with Crippen molar-refractivity contribution in [2.24, 2.45) is 5.73 Å². The van der Waals surface area contributed by atoms with Crippen LogP contribution >= 0.6 is 0 Å². The molecule has 3 heteroatoms. The zero-order valence-electron chi connectivity index (χ0n) is 8.29. The van der Waals surface area contributed by atoms with E-state index in [1.54, 1.807) is 12.1 Å². The number of carbonyl (C=O) groups excluding carboxylic acids is 1. The number of pyridine rings is 1. The van der Waals surface area contributed by atoms with Crippen LogP contribution < -0.4 is 5.73 Å². The van der Waals surface area contributed by atoms with E-state index in [-0.39, 0.29) is 0 Å². The molecule has 0 spiro atoms. The van der Waals surface area contributed by atoms with Gasteiger partial charge in [0.2, 0.25) is 5.91 Å². The monoisotopic (exact) mass is 190 g/mol. The molecule has 0 aliphatic carbocycles. The molecule has 0 saturated heterocycles. The number of carbonyl (C=O) groups is 1. The second-order valence-electron chi connectivity index (χ2n) is 3.18. The number of primary amides is 1. The lowest BCUT2D eigenvalue weighted by Crippen LogP contribution is -2.12. The highest BCUT2D eigenvalue weighted by Gasteiger charge is 2.03. The second kappa shape index (κ2) is 4.56. The van der Waals surface area contributed by atoms with Gasteiger partial charge in [0.25, 0.3) is 0 Å². The normalized spacial score (nSPS) is 9.79. The van der Waals surface area contributed by atoms with Crippen LogP contribution in [0.4, 0.5) is 0 Å². The minimum atomic E-state index is -0.407. The largest absolute Gasteiger partial charge is 0.366 e. The van der Waals surface area contributed by atoms with Crippen LogP contribution in [0.2, 0.25) is 0 Å². The Labute approximate surface area is 83.7 Å². The summed E-state index contributed by atoms with van der Waals surface area (Å²) in [5.41, 5.74) is 7.43. The number of hydrogen-bond donors (Lipinski definition) is 1. The summed E-state index contributed by atoms with van der Waals surface area (Å²) < 4.78 is 0. The molecule has 1 amide bonds. The van der Waals surface area contributed by atoms with Crippen LogP contribution in [0.1, 0.15) is 28.2 Å². The summed E-state index contributed by atoms with van der Waals surface area (Å²) in [5.74, 6) is -0.407. The van der Waals surface area contributed by atoms with Crippen molar-refractivity contribution in [2.75, 3.05) is 0 Å². The van der Waals surface area contributed by atoms with Gasteiger partial charge in [-0.25, -0.2) is 0 Å². The molecule has 0 atom stereocenters. The summed E-state index contributed by atoms with van der Waals surface area (Å²) in [7, 11) is 0. The highest BCUT2D eigenvalue weighted by atomic mass is 16.1. The molecule has 1 heterocycles. The van der Waals surface area contributed by atoms with Crippen molar-refractivity contribution in [3.63, 3.8) is 0 Å². The maximum absolute atomic E-state index is 11.0. The molecule has 1 aromatic rings. The van der Waals surface area contributed by atoms with Crippen LogP contribution in [0.3, 0.4) is 0 Å². The molecule has 0 bridgehead atoms. The van der Waals surface area contributed by atoms with Gasteiger partial charge in [0, 0.05) is 17.0 Å². The Bertz CT molecular complexity index is 358. The number of aromatic nitrogens is 1. The topological polar surface area (TPSA) is 56.0 Å². The lowest BCUT2D eigenvalue weighted by atomic mass is 10.1. The van der Waals surface area contributed by atoms with Gasteiger partial charge in [-0.2, -0.15) is 0 Å². The highest BCUT2D eigenvalue weighted by molar-refractivity contribution is 5.92. The first kappa shape index (κ1) is 10.4. The fourth-order valence-electron chi connectivity index (χ4n) is 1.26. The summed E-state index contributed by atoms with van der Waals surface area (Å²) in [6, 6.07) is 3.43. The summed E-state index contributed by atoms with van der Waals surface area (Å²) >= 11 is 0. The third-order valence-corrected chi connectivity index (χ3v) is 1.90. The molecular weight excluding hydrogens is 176 g/mol. The predicted molar refractivity (Wildman–Crippen MR) is 56.0 cm³/mol. The number of rotatable bonds is 4. The average Bonchev–Trinajstić information content (AvgIpc) is 2.14. The van der Waals surface area contributed by atoms with Crippen molar-refractivity contribution < 1.29 is 4.79 Å². The van der Waals surface area contributed by atoms with E-state index in [1.807, 2.05) is 13.0 Å². The summed E-state index contributed by atoms with van der Waals surface area (Å²) in [6.07, 6.45) is 3.48. The number of hydrogen-bond acceptors (Lipinski definition) is 2. The molecule has 2 N–H and O–H groups in total. The maximum Gasteiger partial charge on any atom is 0.248 e. The fraction of sp³-hybridized carbons (Fsp3) is 0.273. The van der Waals surface area contributed by atoms with Gasteiger partial charge >= 0.3 is 0 Å². The molecular formula is C11H14N2O. The smallest absolute Gasteiger partial charge is 0.248 e. The fourth-order valence-corrected chi connectivity index (χ4v) is 1.26. The first-order valence-corrected chi connectivity index (χ1v) is 4.51. The Balaban J connectivity index is 2.94. The van der Waals surface area contributed by atoms with Gasteiger partial charge in [0.15, 0.2) is 0 Å². The highest BCUT2D eigenvalue weighted by Crippen LogP contribution is 2.07. The Hall–Kier alpha value is -1.64. The minimum Gasteiger partial charge on any atom is -0.366 e. The first-order valence-electron chi connectivity index (χ1n) is 4.51. The molecule has 0 saturated carbocycles. The van der Waals surface area contributed by atoms with Gasteiger partial charge in [-0.1, -0.05) is 6.08 Å². The standard InChI is InChI=1S/C11H14N2O/c1-3-4-5-10-7-9(11(12)14)6-8(2)13-10/h3,6-7H,1,4-5H2,2H3,(H2,12,14). The maximum atomic E-state index is 11.0. The van der Waals surface area contributed by atoms with Crippen LogP contribution in [0.5, 0.6) is 0 Å². The van der Waals surface area contributed by atoms with E-state index in [2.05, 4.69) is 11.6 Å². The zero-order chi connectivity index (χ0) is 10.6. The third-order valence-electron chi connectivity index (χ3n) is 1.90.